The molecule has 0 amide bonds. The van der Waals surface area contributed by atoms with Crippen LogP contribution < -0.4 is 10.9 Å². The van der Waals surface area contributed by atoms with Gasteiger partial charge in [0.2, 0.25) is 0 Å². The lowest BCUT2D eigenvalue weighted by molar-refractivity contribution is 0.738. The van der Waals surface area contributed by atoms with Crippen molar-refractivity contribution in [2.24, 2.45) is 7.05 Å². The molecule has 0 atom stereocenters. The van der Waals surface area contributed by atoms with Crippen LogP contribution in [-0.2, 0) is 7.05 Å². The minimum atomic E-state index is -0.109. The molecule has 0 radical (unpaired) electrons. The van der Waals surface area contributed by atoms with Gasteiger partial charge in [-0.2, -0.15) is 5.10 Å². The second-order valence-corrected chi connectivity index (χ2v) is 7.11. The number of hydrogen-bond acceptors (Lipinski definition) is 5. The molecular weight excluding hydrogens is 352 g/mol. The molecule has 1 aliphatic heterocycles. The molecule has 0 aromatic carbocycles. The third-order valence-corrected chi connectivity index (χ3v) is 5.25. The number of hydrogen-bond donors (Lipinski definition) is 1. The van der Waals surface area contributed by atoms with Crippen LogP contribution in [0.1, 0.15) is 17.7 Å². The maximum absolute atomic E-state index is 12.8. The first-order valence-electron chi connectivity index (χ1n) is 9.33. The van der Waals surface area contributed by atoms with Crippen LogP contribution >= 0.6 is 0 Å². The zero-order valence-corrected chi connectivity index (χ0v) is 15.8. The van der Waals surface area contributed by atoms with Crippen molar-refractivity contribution in [1.82, 2.24) is 29.5 Å². The third-order valence-electron chi connectivity index (χ3n) is 5.25. The number of nitrogens with zero attached hydrogens (tertiary/aromatic N) is 5. The van der Waals surface area contributed by atoms with E-state index in [-0.39, 0.29) is 5.56 Å². The van der Waals surface area contributed by atoms with Gasteiger partial charge >= 0.3 is 0 Å². The number of nitrogens with one attached hydrogen (secondary N) is 1. The van der Waals surface area contributed by atoms with Crippen LogP contribution in [0.25, 0.3) is 33.5 Å². The fourth-order valence-corrected chi connectivity index (χ4v) is 3.86. The van der Waals surface area contributed by atoms with Gasteiger partial charge in [-0.05, 0) is 49.2 Å². The molecule has 4 aromatic heterocycles. The van der Waals surface area contributed by atoms with Crippen LogP contribution in [0.3, 0.4) is 0 Å². The molecular formula is C21H20N6O. The first-order chi connectivity index (χ1) is 13.6. The molecule has 0 bridgehead atoms. The monoisotopic (exact) mass is 372 g/mol. The summed E-state index contributed by atoms with van der Waals surface area (Å²) in [7, 11) is 1.90. The predicted molar refractivity (Wildman–Crippen MR) is 109 cm³/mol. The van der Waals surface area contributed by atoms with Crippen molar-refractivity contribution in [2.45, 2.75) is 13.3 Å². The smallest absolute Gasteiger partial charge is 0.258 e. The average molecular weight is 372 g/mol. The van der Waals surface area contributed by atoms with Gasteiger partial charge in [-0.3, -0.25) is 13.9 Å². The molecule has 0 unspecified atom stereocenters. The second-order valence-electron chi connectivity index (χ2n) is 7.11. The zero-order valence-electron chi connectivity index (χ0n) is 15.8. The van der Waals surface area contributed by atoms with Crippen LogP contribution in [-0.4, -0.2) is 37.2 Å². The molecule has 7 nitrogen and oxygen atoms in total. The van der Waals surface area contributed by atoms with Crippen molar-refractivity contribution in [3.05, 3.63) is 64.3 Å². The molecule has 0 spiro atoms. The lowest BCUT2D eigenvalue weighted by Gasteiger charge is -2.15. The predicted octanol–water partition coefficient (Wildman–Crippen LogP) is 2.33. The summed E-state index contributed by atoms with van der Waals surface area (Å²) in [6.45, 7) is 3.76. The molecule has 1 N–H and O–H groups in total. The molecule has 7 heteroatoms. The Labute approximate surface area is 161 Å². The highest BCUT2D eigenvalue weighted by Crippen LogP contribution is 2.24. The van der Waals surface area contributed by atoms with Crippen LogP contribution in [0, 0.1) is 6.92 Å². The summed E-state index contributed by atoms with van der Waals surface area (Å²) in [5, 5.41) is 8.59. The highest BCUT2D eigenvalue weighted by molar-refractivity contribution is 5.84. The van der Waals surface area contributed by atoms with Gasteiger partial charge in [0.1, 0.15) is 5.65 Å². The fourth-order valence-electron chi connectivity index (χ4n) is 3.86. The molecule has 1 aliphatic rings. The first-order valence-corrected chi connectivity index (χ1v) is 9.33. The Bertz CT molecular complexity index is 1310. The van der Waals surface area contributed by atoms with E-state index >= 15 is 0 Å². The number of rotatable bonds is 2. The summed E-state index contributed by atoms with van der Waals surface area (Å²) in [6.07, 6.45) is 6.82. The standard InChI is InChI=1S/C21H20N6O/c1-13-21-16(11-23-26(21)2)9-17(24-13)18-10-20(28)27-12-15(3-4-19(27)25-18)14-5-7-22-8-6-14/h3-5,9-12,22H,6-8H2,1-2H3. The summed E-state index contributed by atoms with van der Waals surface area (Å²) in [5.41, 5.74) is 5.94. The van der Waals surface area contributed by atoms with Crippen molar-refractivity contribution >= 4 is 22.1 Å². The number of pyridine rings is 2. The fraction of sp³-hybridized carbons (Fsp3) is 0.238. The van der Waals surface area contributed by atoms with Crippen molar-refractivity contribution < 1.29 is 0 Å². The molecule has 0 saturated heterocycles. The number of aryl methyl sites for hydroxylation is 2. The summed E-state index contributed by atoms with van der Waals surface area (Å²) in [4.78, 5) is 22.2. The largest absolute Gasteiger partial charge is 0.313 e. The lowest BCUT2D eigenvalue weighted by Crippen LogP contribution is -2.20. The van der Waals surface area contributed by atoms with Gasteiger partial charge in [0.25, 0.3) is 5.56 Å². The Morgan fingerprint density at radius 1 is 1.14 bits per heavy atom. The van der Waals surface area contributed by atoms with Crippen LogP contribution in [0.15, 0.2) is 47.5 Å². The molecule has 5 rings (SSSR count). The SMILES string of the molecule is Cc1nc(-c2cc(=O)n3cc(C4=CCNCC4)ccc3n2)cc2cnn(C)c12. The van der Waals surface area contributed by atoms with Crippen molar-refractivity contribution in [3.8, 4) is 11.4 Å². The number of fused-ring (bicyclic) bond motifs is 2. The van der Waals surface area contributed by atoms with E-state index in [1.165, 1.54) is 5.57 Å². The van der Waals surface area contributed by atoms with E-state index in [1.807, 2.05) is 38.4 Å². The van der Waals surface area contributed by atoms with E-state index in [1.54, 1.807) is 21.3 Å². The maximum Gasteiger partial charge on any atom is 0.258 e. The molecule has 0 fully saturated rings. The Kier molecular flexibility index (Phi) is 3.84. The summed E-state index contributed by atoms with van der Waals surface area (Å²) in [5.74, 6) is 0. The average Bonchev–Trinajstić information content (AvgIpc) is 3.09. The maximum atomic E-state index is 12.8. The van der Waals surface area contributed by atoms with E-state index < -0.39 is 0 Å². The Morgan fingerprint density at radius 2 is 2.00 bits per heavy atom. The third kappa shape index (κ3) is 2.71. The lowest BCUT2D eigenvalue weighted by atomic mass is 10.0. The van der Waals surface area contributed by atoms with Gasteiger partial charge in [0, 0.05) is 31.2 Å². The number of aromatic nitrogens is 5. The molecule has 5 heterocycles. The second kappa shape index (κ2) is 6.38. The minimum Gasteiger partial charge on any atom is -0.313 e. The van der Waals surface area contributed by atoms with E-state index in [2.05, 4.69) is 26.5 Å². The summed E-state index contributed by atoms with van der Waals surface area (Å²) >= 11 is 0. The molecule has 0 saturated carbocycles. The van der Waals surface area contributed by atoms with Crippen molar-refractivity contribution in [2.75, 3.05) is 13.1 Å². The summed E-state index contributed by atoms with van der Waals surface area (Å²) < 4.78 is 3.41. The highest BCUT2D eigenvalue weighted by atomic mass is 16.1. The van der Waals surface area contributed by atoms with E-state index in [4.69, 9.17) is 0 Å². The van der Waals surface area contributed by atoms with Gasteiger partial charge < -0.3 is 5.32 Å². The van der Waals surface area contributed by atoms with Gasteiger partial charge in [0.05, 0.1) is 28.8 Å². The van der Waals surface area contributed by atoms with E-state index in [0.29, 0.717) is 17.0 Å². The van der Waals surface area contributed by atoms with Crippen LogP contribution in [0.4, 0.5) is 0 Å². The normalized spacial score (nSPS) is 14.6. The van der Waals surface area contributed by atoms with Gasteiger partial charge in [-0.25, -0.2) is 9.97 Å². The summed E-state index contributed by atoms with van der Waals surface area (Å²) in [6, 6.07) is 7.42. The molecule has 140 valence electrons. The zero-order chi connectivity index (χ0) is 19.3. The highest BCUT2D eigenvalue weighted by Gasteiger charge is 2.13. The first kappa shape index (κ1) is 16.8. The molecule has 0 aliphatic carbocycles. The Balaban J connectivity index is 1.64. The molecule has 28 heavy (non-hydrogen) atoms. The van der Waals surface area contributed by atoms with Crippen LogP contribution in [0.2, 0.25) is 0 Å². The van der Waals surface area contributed by atoms with Crippen LogP contribution in [0.5, 0.6) is 0 Å². The minimum absolute atomic E-state index is 0.109. The van der Waals surface area contributed by atoms with Gasteiger partial charge in [0.15, 0.2) is 0 Å². The molecule has 4 aromatic rings. The van der Waals surface area contributed by atoms with Gasteiger partial charge in [-0.1, -0.05) is 6.08 Å². The van der Waals surface area contributed by atoms with E-state index in [9.17, 15) is 4.79 Å². The Morgan fingerprint density at radius 3 is 2.82 bits per heavy atom. The van der Waals surface area contributed by atoms with Crippen molar-refractivity contribution in [1.29, 1.82) is 0 Å². The Hall–Kier alpha value is -3.32. The van der Waals surface area contributed by atoms with E-state index in [0.717, 1.165) is 41.7 Å². The van der Waals surface area contributed by atoms with Crippen molar-refractivity contribution in [3.63, 3.8) is 0 Å². The van der Waals surface area contributed by atoms with Gasteiger partial charge in [-0.15, -0.1) is 0 Å². The quantitative estimate of drug-likeness (QED) is 0.584. The topological polar surface area (TPSA) is 77.1 Å².